The normalized spacial score (nSPS) is 11.8. The second-order valence-electron chi connectivity index (χ2n) is 6.36. The van der Waals surface area contributed by atoms with E-state index in [0.29, 0.717) is 0 Å². The SMILES string of the molecule is Cc1ccc(-c2cnc(CCNC(C)(C)C)o2)c(C)c1. The van der Waals surface area contributed by atoms with Crippen molar-refractivity contribution in [3.8, 4) is 11.3 Å². The first-order valence-electron chi connectivity index (χ1n) is 7.12. The van der Waals surface area contributed by atoms with Crippen LogP contribution in [-0.4, -0.2) is 17.1 Å². The lowest BCUT2D eigenvalue weighted by Crippen LogP contribution is -2.37. The number of aryl methyl sites for hydroxylation is 2. The van der Waals surface area contributed by atoms with E-state index < -0.39 is 0 Å². The highest BCUT2D eigenvalue weighted by Crippen LogP contribution is 2.25. The van der Waals surface area contributed by atoms with Crippen molar-refractivity contribution in [1.29, 1.82) is 0 Å². The Bertz CT molecular complexity index is 579. The van der Waals surface area contributed by atoms with Crippen LogP contribution in [-0.2, 0) is 6.42 Å². The van der Waals surface area contributed by atoms with E-state index in [1.54, 1.807) is 0 Å². The second kappa shape index (κ2) is 5.80. The largest absolute Gasteiger partial charge is 0.441 e. The maximum absolute atomic E-state index is 5.85. The molecule has 0 saturated carbocycles. The highest BCUT2D eigenvalue weighted by Gasteiger charge is 2.11. The van der Waals surface area contributed by atoms with Gasteiger partial charge in [0, 0.05) is 24.1 Å². The van der Waals surface area contributed by atoms with Gasteiger partial charge in [0.15, 0.2) is 11.7 Å². The van der Waals surface area contributed by atoms with Crippen LogP contribution in [0.3, 0.4) is 0 Å². The van der Waals surface area contributed by atoms with E-state index >= 15 is 0 Å². The van der Waals surface area contributed by atoms with Crippen LogP contribution in [0.2, 0.25) is 0 Å². The predicted octanol–water partition coefficient (Wildman–Crippen LogP) is 3.89. The number of oxazole rings is 1. The van der Waals surface area contributed by atoms with Crippen molar-refractivity contribution >= 4 is 0 Å². The first kappa shape index (κ1) is 14.8. The van der Waals surface area contributed by atoms with Crippen molar-refractivity contribution in [3.63, 3.8) is 0 Å². The van der Waals surface area contributed by atoms with Crippen LogP contribution in [0, 0.1) is 13.8 Å². The van der Waals surface area contributed by atoms with Crippen LogP contribution in [0.4, 0.5) is 0 Å². The molecule has 1 N–H and O–H groups in total. The summed E-state index contributed by atoms with van der Waals surface area (Å²) in [7, 11) is 0. The van der Waals surface area contributed by atoms with Crippen molar-refractivity contribution in [2.75, 3.05) is 6.54 Å². The third-order valence-electron chi connectivity index (χ3n) is 3.20. The Hall–Kier alpha value is -1.61. The Morgan fingerprint density at radius 1 is 1.20 bits per heavy atom. The number of rotatable bonds is 4. The number of nitrogens with one attached hydrogen (secondary N) is 1. The smallest absolute Gasteiger partial charge is 0.196 e. The quantitative estimate of drug-likeness (QED) is 0.917. The summed E-state index contributed by atoms with van der Waals surface area (Å²) in [6, 6.07) is 6.37. The minimum absolute atomic E-state index is 0.128. The molecule has 2 aromatic rings. The summed E-state index contributed by atoms with van der Waals surface area (Å²) in [5.74, 6) is 1.64. The van der Waals surface area contributed by atoms with E-state index in [9.17, 15) is 0 Å². The highest BCUT2D eigenvalue weighted by atomic mass is 16.4. The fourth-order valence-corrected chi connectivity index (χ4v) is 2.18. The zero-order valence-corrected chi connectivity index (χ0v) is 13.1. The summed E-state index contributed by atoms with van der Waals surface area (Å²) in [4.78, 5) is 4.37. The van der Waals surface area contributed by atoms with Crippen LogP contribution in [0.25, 0.3) is 11.3 Å². The van der Waals surface area contributed by atoms with Crippen LogP contribution < -0.4 is 5.32 Å². The molecule has 0 spiro atoms. The molecule has 0 aliphatic heterocycles. The summed E-state index contributed by atoms with van der Waals surface area (Å²) in [5, 5.41) is 3.44. The molecule has 1 aromatic heterocycles. The molecule has 20 heavy (non-hydrogen) atoms. The van der Waals surface area contributed by atoms with Crippen molar-refractivity contribution in [3.05, 3.63) is 41.4 Å². The zero-order valence-electron chi connectivity index (χ0n) is 13.1. The highest BCUT2D eigenvalue weighted by molar-refractivity contribution is 5.61. The zero-order chi connectivity index (χ0) is 14.8. The number of hydrogen-bond acceptors (Lipinski definition) is 3. The summed E-state index contributed by atoms with van der Waals surface area (Å²) in [6.45, 7) is 11.5. The molecular formula is C17H24N2O. The first-order valence-corrected chi connectivity index (χ1v) is 7.12. The van der Waals surface area contributed by atoms with Gasteiger partial charge in [-0.2, -0.15) is 0 Å². The molecule has 0 atom stereocenters. The minimum atomic E-state index is 0.128. The van der Waals surface area contributed by atoms with Crippen LogP contribution in [0.1, 0.15) is 37.8 Å². The third-order valence-corrected chi connectivity index (χ3v) is 3.20. The molecule has 108 valence electrons. The average Bonchev–Trinajstić information content (AvgIpc) is 2.75. The van der Waals surface area contributed by atoms with Gasteiger partial charge in [-0.05, 0) is 40.2 Å². The molecule has 0 unspecified atom stereocenters. The van der Waals surface area contributed by atoms with Gasteiger partial charge >= 0.3 is 0 Å². The fourth-order valence-electron chi connectivity index (χ4n) is 2.18. The molecule has 3 heteroatoms. The Kier molecular flexibility index (Phi) is 4.29. The number of aromatic nitrogens is 1. The van der Waals surface area contributed by atoms with Crippen LogP contribution in [0.5, 0.6) is 0 Å². The van der Waals surface area contributed by atoms with Crippen molar-refractivity contribution < 1.29 is 4.42 Å². The van der Waals surface area contributed by atoms with Gasteiger partial charge in [-0.15, -0.1) is 0 Å². The molecule has 0 aliphatic rings. The van der Waals surface area contributed by atoms with Crippen molar-refractivity contribution in [2.24, 2.45) is 0 Å². The van der Waals surface area contributed by atoms with Gasteiger partial charge in [0.2, 0.25) is 0 Å². The Balaban J connectivity index is 2.05. The van der Waals surface area contributed by atoms with Gasteiger partial charge in [-0.25, -0.2) is 4.98 Å². The molecule has 1 aromatic carbocycles. The lowest BCUT2D eigenvalue weighted by Gasteiger charge is -2.19. The Labute approximate surface area is 121 Å². The van der Waals surface area contributed by atoms with E-state index in [-0.39, 0.29) is 5.54 Å². The number of benzene rings is 1. The van der Waals surface area contributed by atoms with Gasteiger partial charge in [0.1, 0.15) is 0 Å². The standard InChI is InChI=1S/C17H24N2O/c1-12-6-7-14(13(2)10-12)15-11-18-16(20-15)8-9-19-17(3,4)5/h6-7,10-11,19H,8-9H2,1-5H3. The van der Waals surface area contributed by atoms with E-state index in [1.165, 1.54) is 11.1 Å². The molecule has 0 fully saturated rings. The van der Waals surface area contributed by atoms with Crippen molar-refractivity contribution in [1.82, 2.24) is 10.3 Å². The monoisotopic (exact) mass is 272 g/mol. The lowest BCUT2D eigenvalue weighted by molar-refractivity contribution is 0.412. The average molecular weight is 272 g/mol. The molecule has 1 heterocycles. The maximum atomic E-state index is 5.85. The Morgan fingerprint density at radius 3 is 2.60 bits per heavy atom. The summed E-state index contributed by atoms with van der Waals surface area (Å²) >= 11 is 0. The molecule has 0 aliphatic carbocycles. The van der Waals surface area contributed by atoms with Gasteiger partial charge < -0.3 is 9.73 Å². The van der Waals surface area contributed by atoms with Gasteiger partial charge in [-0.1, -0.05) is 23.8 Å². The third kappa shape index (κ3) is 3.94. The van der Waals surface area contributed by atoms with E-state index in [1.807, 2.05) is 6.20 Å². The molecule has 0 radical (unpaired) electrons. The molecule has 0 amide bonds. The second-order valence-corrected chi connectivity index (χ2v) is 6.36. The maximum Gasteiger partial charge on any atom is 0.196 e. The van der Waals surface area contributed by atoms with Crippen LogP contribution in [0.15, 0.2) is 28.8 Å². The number of hydrogen-bond donors (Lipinski definition) is 1. The Morgan fingerprint density at radius 2 is 1.95 bits per heavy atom. The predicted molar refractivity (Wildman–Crippen MR) is 82.9 cm³/mol. The minimum Gasteiger partial charge on any atom is -0.441 e. The first-order chi connectivity index (χ1) is 9.35. The molecular weight excluding hydrogens is 248 g/mol. The van der Waals surface area contributed by atoms with E-state index in [2.05, 4.69) is 63.1 Å². The van der Waals surface area contributed by atoms with Gasteiger partial charge in [0.25, 0.3) is 0 Å². The van der Waals surface area contributed by atoms with E-state index in [4.69, 9.17) is 4.42 Å². The topological polar surface area (TPSA) is 38.1 Å². The molecule has 0 saturated heterocycles. The summed E-state index contributed by atoms with van der Waals surface area (Å²) < 4.78 is 5.85. The molecule has 0 bridgehead atoms. The van der Waals surface area contributed by atoms with E-state index in [0.717, 1.165) is 30.2 Å². The van der Waals surface area contributed by atoms with Gasteiger partial charge in [-0.3, -0.25) is 0 Å². The molecule has 2 rings (SSSR count). The number of nitrogens with zero attached hydrogens (tertiary/aromatic N) is 1. The van der Waals surface area contributed by atoms with Crippen LogP contribution >= 0.6 is 0 Å². The lowest BCUT2D eigenvalue weighted by atomic mass is 10.0. The summed E-state index contributed by atoms with van der Waals surface area (Å²) in [6.07, 6.45) is 2.63. The summed E-state index contributed by atoms with van der Waals surface area (Å²) in [5.41, 5.74) is 3.74. The fraction of sp³-hybridized carbons (Fsp3) is 0.471. The van der Waals surface area contributed by atoms with Crippen molar-refractivity contribution in [2.45, 2.75) is 46.6 Å². The van der Waals surface area contributed by atoms with Gasteiger partial charge in [0.05, 0.1) is 6.20 Å². The molecule has 3 nitrogen and oxygen atoms in total.